The predicted molar refractivity (Wildman–Crippen MR) is 154 cm³/mol. The highest BCUT2D eigenvalue weighted by molar-refractivity contribution is 5.95. The smallest absolute Gasteiger partial charge is 0.338 e. The van der Waals surface area contributed by atoms with E-state index in [2.05, 4.69) is 21.2 Å². The third-order valence-electron chi connectivity index (χ3n) is 6.39. The van der Waals surface area contributed by atoms with E-state index in [1.54, 1.807) is 63.2 Å². The van der Waals surface area contributed by atoms with Crippen molar-refractivity contribution in [3.8, 4) is 22.8 Å². The molecule has 224 valence electrons. The lowest BCUT2D eigenvalue weighted by molar-refractivity contribution is -0.139. The number of carboxylic acid groups (broad SMARTS) is 1. The van der Waals surface area contributed by atoms with E-state index in [9.17, 15) is 19.2 Å². The van der Waals surface area contributed by atoms with Crippen LogP contribution < -0.4 is 25.5 Å². The molecule has 0 saturated heterocycles. The molecule has 3 amide bonds. The maximum Gasteiger partial charge on any atom is 0.338 e. The van der Waals surface area contributed by atoms with E-state index in [0.29, 0.717) is 22.8 Å². The Hall–Kier alpha value is -5.59. The summed E-state index contributed by atoms with van der Waals surface area (Å²) in [7, 11) is 1.42. The number of amides is 3. The molecule has 2 heterocycles. The van der Waals surface area contributed by atoms with Gasteiger partial charge in [-0.1, -0.05) is 12.1 Å². The highest BCUT2D eigenvalue weighted by atomic mass is 16.5. The van der Waals surface area contributed by atoms with Crippen LogP contribution in [0.15, 0.2) is 69.3 Å². The van der Waals surface area contributed by atoms with Gasteiger partial charge >= 0.3 is 18.0 Å². The Balaban J connectivity index is 1.37. The number of esters is 1. The molecule has 1 aliphatic rings. The number of benzene rings is 2. The third kappa shape index (κ3) is 7.19. The molecule has 1 aromatic heterocycles. The third-order valence-corrected chi connectivity index (χ3v) is 6.39. The first-order valence-electron chi connectivity index (χ1n) is 13.1. The van der Waals surface area contributed by atoms with Gasteiger partial charge in [0.15, 0.2) is 18.1 Å². The highest BCUT2D eigenvalue weighted by Gasteiger charge is 2.32. The Morgan fingerprint density at radius 1 is 1.09 bits per heavy atom. The van der Waals surface area contributed by atoms with Crippen molar-refractivity contribution in [2.45, 2.75) is 26.8 Å². The molecule has 0 bridgehead atoms. The first-order valence-corrected chi connectivity index (χ1v) is 13.1. The van der Waals surface area contributed by atoms with Crippen LogP contribution >= 0.6 is 0 Å². The van der Waals surface area contributed by atoms with Crippen LogP contribution in [0.25, 0.3) is 11.3 Å². The van der Waals surface area contributed by atoms with Crippen LogP contribution in [-0.4, -0.2) is 55.5 Å². The Kier molecular flexibility index (Phi) is 9.45. The average molecular weight is 591 g/mol. The molecular weight excluding hydrogens is 560 g/mol. The molecule has 4 rings (SSSR count). The van der Waals surface area contributed by atoms with E-state index in [4.69, 9.17) is 23.7 Å². The van der Waals surface area contributed by atoms with Crippen molar-refractivity contribution < 1.29 is 42.9 Å². The van der Waals surface area contributed by atoms with Gasteiger partial charge in [0, 0.05) is 11.3 Å². The molecule has 13 nitrogen and oxygen atoms in total. The minimum Gasteiger partial charge on any atom is -0.493 e. The van der Waals surface area contributed by atoms with Crippen molar-refractivity contribution in [2.24, 2.45) is 5.10 Å². The van der Waals surface area contributed by atoms with Crippen LogP contribution in [0.3, 0.4) is 0 Å². The number of aryl methyl sites for hydroxylation is 1. The van der Waals surface area contributed by atoms with E-state index in [1.165, 1.54) is 19.4 Å². The number of nitrogens with zero attached hydrogens (tertiary/aromatic N) is 1. The number of ether oxygens (including phenoxy) is 3. The molecule has 13 heteroatoms. The van der Waals surface area contributed by atoms with Gasteiger partial charge in [-0.25, -0.2) is 19.8 Å². The lowest BCUT2D eigenvalue weighted by Gasteiger charge is -2.28. The van der Waals surface area contributed by atoms with Gasteiger partial charge in [0.25, 0.3) is 5.91 Å². The van der Waals surface area contributed by atoms with Gasteiger partial charge in [0.2, 0.25) is 0 Å². The number of rotatable bonds is 11. The standard InChI is InChI=1S/C30H30N4O9/c1-5-41-29(38)26-17(3)32-30(39)33-27(26)18-7-10-23(24(13-18)40-4)42-15-25(35)34-31-14-20-8-11-22(43-20)21-9-6-19(28(36)37)12-16(21)2/h6-14,27H,5,15H2,1-4H3,(H,34,35)(H,36,37)(H2,32,33,39)/b31-14-/t27-/m1/s1. The largest absolute Gasteiger partial charge is 0.493 e. The molecule has 1 atom stereocenters. The minimum atomic E-state index is -1.01. The number of furan rings is 1. The molecule has 2 aromatic carbocycles. The summed E-state index contributed by atoms with van der Waals surface area (Å²) in [6.07, 6.45) is 1.32. The Labute approximate surface area is 246 Å². The summed E-state index contributed by atoms with van der Waals surface area (Å²) < 4.78 is 21.9. The Bertz CT molecular complexity index is 1620. The van der Waals surface area contributed by atoms with E-state index in [-0.39, 0.29) is 35.8 Å². The van der Waals surface area contributed by atoms with Gasteiger partial charge in [-0.2, -0.15) is 5.10 Å². The Morgan fingerprint density at radius 2 is 1.88 bits per heavy atom. The van der Waals surface area contributed by atoms with Gasteiger partial charge in [-0.05, 0) is 68.3 Å². The second kappa shape index (κ2) is 13.4. The van der Waals surface area contributed by atoms with Crippen molar-refractivity contribution >= 4 is 30.1 Å². The zero-order valence-corrected chi connectivity index (χ0v) is 23.8. The van der Waals surface area contributed by atoms with Gasteiger partial charge in [0.1, 0.15) is 11.5 Å². The first kappa shape index (κ1) is 30.4. The summed E-state index contributed by atoms with van der Waals surface area (Å²) in [5.41, 5.74) is 5.16. The van der Waals surface area contributed by atoms with Crippen molar-refractivity contribution in [3.05, 3.63) is 82.3 Å². The van der Waals surface area contributed by atoms with Crippen LogP contribution in [0, 0.1) is 6.92 Å². The van der Waals surface area contributed by atoms with E-state index >= 15 is 0 Å². The molecule has 0 unspecified atom stereocenters. The fraction of sp³-hybridized carbons (Fsp3) is 0.233. The van der Waals surface area contributed by atoms with Crippen molar-refractivity contribution in [3.63, 3.8) is 0 Å². The fourth-order valence-corrected chi connectivity index (χ4v) is 4.39. The lowest BCUT2D eigenvalue weighted by atomic mass is 9.95. The number of hydrogen-bond acceptors (Lipinski definition) is 9. The number of nitrogens with one attached hydrogen (secondary N) is 3. The maximum atomic E-state index is 12.6. The molecule has 0 saturated carbocycles. The molecular formula is C30H30N4O9. The normalized spacial score (nSPS) is 14.6. The van der Waals surface area contributed by atoms with Crippen molar-refractivity contribution in [2.75, 3.05) is 20.3 Å². The summed E-state index contributed by atoms with van der Waals surface area (Å²) >= 11 is 0. The zero-order chi connectivity index (χ0) is 31.1. The van der Waals surface area contributed by atoms with Crippen LogP contribution in [0.2, 0.25) is 0 Å². The topological polar surface area (TPSA) is 178 Å². The monoisotopic (exact) mass is 590 g/mol. The zero-order valence-electron chi connectivity index (χ0n) is 23.8. The van der Waals surface area contributed by atoms with Crippen LogP contribution in [0.4, 0.5) is 4.79 Å². The fourth-order valence-electron chi connectivity index (χ4n) is 4.39. The maximum absolute atomic E-state index is 12.6. The van der Waals surface area contributed by atoms with Crippen molar-refractivity contribution in [1.82, 2.24) is 16.1 Å². The lowest BCUT2D eigenvalue weighted by Crippen LogP contribution is -2.45. The summed E-state index contributed by atoms with van der Waals surface area (Å²) in [6.45, 7) is 4.87. The summed E-state index contributed by atoms with van der Waals surface area (Å²) in [4.78, 5) is 48.2. The van der Waals surface area contributed by atoms with Gasteiger partial charge in [-0.3, -0.25) is 4.79 Å². The quantitative estimate of drug-likeness (QED) is 0.147. The van der Waals surface area contributed by atoms with Crippen LogP contribution in [0.1, 0.15) is 47.1 Å². The number of methoxy groups -OCH3 is 1. The van der Waals surface area contributed by atoms with Gasteiger partial charge < -0.3 is 34.4 Å². The van der Waals surface area contributed by atoms with Gasteiger partial charge in [0.05, 0.1) is 37.1 Å². The second-order valence-corrected chi connectivity index (χ2v) is 9.32. The van der Waals surface area contributed by atoms with E-state index in [1.807, 2.05) is 0 Å². The number of hydrogen-bond donors (Lipinski definition) is 4. The number of carbonyl (C=O) groups is 4. The summed E-state index contributed by atoms with van der Waals surface area (Å²) in [5.74, 6) is -0.716. The molecule has 0 radical (unpaired) electrons. The van der Waals surface area contributed by atoms with Crippen LogP contribution in [-0.2, 0) is 14.3 Å². The average Bonchev–Trinajstić information content (AvgIpc) is 3.44. The minimum absolute atomic E-state index is 0.172. The molecule has 43 heavy (non-hydrogen) atoms. The van der Waals surface area contributed by atoms with Crippen LogP contribution in [0.5, 0.6) is 11.5 Å². The second-order valence-electron chi connectivity index (χ2n) is 9.32. The molecule has 0 spiro atoms. The van der Waals surface area contributed by atoms with Crippen molar-refractivity contribution in [1.29, 1.82) is 0 Å². The van der Waals surface area contributed by atoms with Gasteiger partial charge in [-0.15, -0.1) is 0 Å². The summed E-state index contributed by atoms with van der Waals surface area (Å²) in [5, 5.41) is 18.3. The first-order chi connectivity index (χ1) is 20.6. The number of aromatic carboxylic acids is 1. The molecule has 3 aromatic rings. The number of carbonyl (C=O) groups excluding carboxylic acids is 3. The SMILES string of the molecule is CCOC(=O)C1=C(C)NC(=O)N[C@@H]1c1ccc(OCC(=O)N/N=C\c2ccc(-c3ccc(C(=O)O)cc3C)o2)c(OC)c1. The molecule has 1 aliphatic heterocycles. The highest BCUT2D eigenvalue weighted by Crippen LogP contribution is 2.34. The Morgan fingerprint density at radius 3 is 2.58 bits per heavy atom. The molecule has 0 fully saturated rings. The van der Waals surface area contributed by atoms with E-state index in [0.717, 1.165) is 11.1 Å². The molecule has 4 N–H and O–H groups in total. The summed E-state index contributed by atoms with van der Waals surface area (Å²) in [6, 6.07) is 11.6. The number of hydrazone groups is 1. The van der Waals surface area contributed by atoms with E-state index < -0.39 is 29.9 Å². The predicted octanol–water partition coefficient (Wildman–Crippen LogP) is 3.68. The number of allylic oxidation sites excluding steroid dienone is 1. The number of carboxylic acids is 1. The number of urea groups is 1. The molecule has 0 aliphatic carbocycles.